The molecule has 128 valence electrons. The van der Waals surface area contributed by atoms with Crippen molar-refractivity contribution in [1.29, 1.82) is 0 Å². The molecule has 1 saturated heterocycles. The summed E-state index contributed by atoms with van der Waals surface area (Å²) in [4.78, 5) is 47.1. The molecule has 0 bridgehead atoms. The summed E-state index contributed by atoms with van der Waals surface area (Å²) < 4.78 is 0. The Hall–Kier alpha value is -2.32. The number of carboxylic acids is 1. The first-order valence-corrected chi connectivity index (χ1v) is 7.63. The van der Waals surface area contributed by atoms with Crippen LogP contribution in [-0.2, 0) is 14.4 Å². The summed E-state index contributed by atoms with van der Waals surface area (Å²) in [5.41, 5.74) is 0.268. The zero-order valence-corrected chi connectivity index (χ0v) is 13.7. The van der Waals surface area contributed by atoms with Crippen molar-refractivity contribution in [1.82, 2.24) is 10.6 Å². The predicted octanol–water partition coefficient (Wildman–Crippen LogP) is 1.40. The summed E-state index contributed by atoms with van der Waals surface area (Å²) in [7, 11) is 0. The highest BCUT2D eigenvalue weighted by Crippen LogP contribution is 2.29. The minimum atomic E-state index is -1.17. The highest BCUT2D eigenvalue weighted by molar-refractivity contribution is 6.42. The minimum Gasteiger partial charge on any atom is -0.480 e. The Morgan fingerprint density at radius 3 is 2.58 bits per heavy atom. The molecule has 4 amide bonds. The van der Waals surface area contributed by atoms with Crippen LogP contribution in [0.25, 0.3) is 0 Å². The number of anilines is 1. The number of halogens is 2. The predicted molar refractivity (Wildman–Crippen MR) is 86.1 cm³/mol. The second-order valence-electron chi connectivity index (χ2n) is 4.98. The van der Waals surface area contributed by atoms with Crippen molar-refractivity contribution in [2.75, 3.05) is 11.4 Å². The van der Waals surface area contributed by atoms with Gasteiger partial charge in [-0.05, 0) is 24.6 Å². The number of nitrogens with one attached hydrogen (secondary N) is 2. The molecule has 24 heavy (non-hydrogen) atoms. The van der Waals surface area contributed by atoms with Gasteiger partial charge in [0.2, 0.25) is 5.91 Å². The lowest BCUT2D eigenvalue weighted by atomic mass is 10.1. The van der Waals surface area contributed by atoms with Gasteiger partial charge in [-0.25, -0.2) is 9.69 Å². The Morgan fingerprint density at radius 2 is 1.96 bits per heavy atom. The van der Waals surface area contributed by atoms with Crippen LogP contribution >= 0.6 is 23.2 Å². The maximum absolute atomic E-state index is 12.3. The number of nitrogens with zero attached hydrogens (tertiary/aromatic N) is 1. The number of carbonyl (C=O) groups is 4. The Labute approximate surface area is 146 Å². The fourth-order valence-electron chi connectivity index (χ4n) is 2.13. The van der Waals surface area contributed by atoms with Gasteiger partial charge in [0.25, 0.3) is 5.91 Å². The average molecular weight is 374 g/mol. The van der Waals surface area contributed by atoms with E-state index in [1.807, 2.05) is 0 Å². The zero-order chi connectivity index (χ0) is 17.9. The van der Waals surface area contributed by atoms with Crippen LogP contribution in [0.5, 0.6) is 0 Å². The number of hydrogen-bond donors (Lipinski definition) is 3. The van der Waals surface area contributed by atoms with Crippen molar-refractivity contribution in [2.45, 2.75) is 18.9 Å². The highest BCUT2D eigenvalue weighted by atomic mass is 35.5. The topological polar surface area (TPSA) is 116 Å². The van der Waals surface area contributed by atoms with E-state index in [1.54, 1.807) is 0 Å². The number of rotatable bonds is 6. The first-order valence-electron chi connectivity index (χ1n) is 6.87. The van der Waals surface area contributed by atoms with Gasteiger partial charge in [-0.3, -0.25) is 14.4 Å². The van der Waals surface area contributed by atoms with Gasteiger partial charge < -0.3 is 15.7 Å². The van der Waals surface area contributed by atoms with Crippen molar-refractivity contribution in [2.24, 2.45) is 0 Å². The van der Waals surface area contributed by atoms with Crippen LogP contribution in [0.1, 0.15) is 12.8 Å². The number of aliphatic carboxylic acids is 1. The molecule has 1 heterocycles. The molecule has 1 atom stereocenters. The van der Waals surface area contributed by atoms with Crippen LogP contribution in [0, 0.1) is 0 Å². The van der Waals surface area contributed by atoms with Crippen LogP contribution in [0.3, 0.4) is 0 Å². The first kappa shape index (κ1) is 18.0. The second-order valence-corrected chi connectivity index (χ2v) is 5.80. The third-order valence-corrected chi connectivity index (χ3v) is 4.02. The molecule has 1 unspecified atom stereocenters. The van der Waals surface area contributed by atoms with Gasteiger partial charge in [-0.15, -0.1) is 0 Å². The fraction of sp³-hybridized carbons (Fsp3) is 0.286. The normalized spacial score (nSPS) is 16.9. The van der Waals surface area contributed by atoms with E-state index in [-0.39, 0.29) is 23.6 Å². The highest BCUT2D eigenvalue weighted by Gasteiger charge is 2.39. The number of benzene rings is 1. The maximum atomic E-state index is 12.3. The lowest BCUT2D eigenvalue weighted by Gasteiger charge is -2.13. The molecule has 1 aromatic carbocycles. The second kappa shape index (κ2) is 7.50. The molecule has 1 fully saturated rings. The van der Waals surface area contributed by atoms with Gasteiger partial charge in [-0.2, -0.15) is 0 Å². The van der Waals surface area contributed by atoms with Crippen LogP contribution in [0.4, 0.5) is 10.5 Å². The van der Waals surface area contributed by atoms with Crippen molar-refractivity contribution in [3.63, 3.8) is 0 Å². The molecule has 1 aliphatic heterocycles. The molecule has 1 aliphatic rings. The van der Waals surface area contributed by atoms with E-state index < -0.39 is 36.4 Å². The lowest BCUT2D eigenvalue weighted by Crippen LogP contribution is -2.34. The van der Waals surface area contributed by atoms with Crippen molar-refractivity contribution in [3.05, 3.63) is 28.2 Å². The number of amides is 4. The molecular weight excluding hydrogens is 361 g/mol. The van der Waals surface area contributed by atoms with E-state index in [4.69, 9.17) is 28.3 Å². The Morgan fingerprint density at radius 1 is 1.25 bits per heavy atom. The summed E-state index contributed by atoms with van der Waals surface area (Å²) in [5.74, 6) is -2.21. The SMILES string of the molecule is O=C(O)CNC(=O)CCC1NC(=O)N(c2ccc(Cl)c(Cl)c2)C1=O. The number of hydrogen-bond acceptors (Lipinski definition) is 4. The van der Waals surface area contributed by atoms with E-state index in [0.29, 0.717) is 5.02 Å². The molecule has 10 heteroatoms. The first-order chi connectivity index (χ1) is 11.3. The van der Waals surface area contributed by atoms with Crippen molar-refractivity contribution in [3.8, 4) is 0 Å². The zero-order valence-electron chi connectivity index (χ0n) is 12.2. The Bertz CT molecular complexity index is 710. The molecule has 2 rings (SSSR count). The molecule has 8 nitrogen and oxygen atoms in total. The largest absolute Gasteiger partial charge is 0.480 e. The molecular formula is C14H13Cl2N3O5. The van der Waals surface area contributed by atoms with Gasteiger partial charge in [0.15, 0.2) is 0 Å². The van der Waals surface area contributed by atoms with Gasteiger partial charge >= 0.3 is 12.0 Å². The van der Waals surface area contributed by atoms with Crippen molar-refractivity contribution >= 4 is 52.7 Å². The molecule has 0 aromatic heterocycles. The maximum Gasteiger partial charge on any atom is 0.329 e. The van der Waals surface area contributed by atoms with Gasteiger partial charge in [0.1, 0.15) is 12.6 Å². The third kappa shape index (κ3) is 4.15. The van der Waals surface area contributed by atoms with E-state index >= 15 is 0 Å². The van der Waals surface area contributed by atoms with E-state index in [9.17, 15) is 19.2 Å². The van der Waals surface area contributed by atoms with E-state index in [2.05, 4.69) is 10.6 Å². The number of imide groups is 1. The van der Waals surface area contributed by atoms with E-state index in [0.717, 1.165) is 4.90 Å². The molecule has 0 radical (unpaired) electrons. The molecule has 3 N–H and O–H groups in total. The number of carbonyl (C=O) groups excluding carboxylic acids is 3. The number of urea groups is 1. The monoisotopic (exact) mass is 373 g/mol. The van der Waals surface area contributed by atoms with Crippen LogP contribution in [-0.4, -0.2) is 41.5 Å². The summed E-state index contributed by atoms with van der Waals surface area (Å²) in [6, 6.07) is 2.83. The summed E-state index contributed by atoms with van der Waals surface area (Å²) in [6.45, 7) is -0.501. The summed E-state index contributed by atoms with van der Waals surface area (Å²) >= 11 is 11.7. The lowest BCUT2D eigenvalue weighted by molar-refractivity contribution is -0.138. The Kier molecular flexibility index (Phi) is 5.63. The molecule has 0 saturated carbocycles. The average Bonchev–Trinajstić information content (AvgIpc) is 2.80. The smallest absolute Gasteiger partial charge is 0.329 e. The van der Waals surface area contributed by atoms with Crippen molar-refractivity contribution < 1.29 is 24.3 Å². The van der Waals surface area contributed by atoms with Gasteiger partial charge in [0.05, 0.1) is 15.7 Å². The van der Waals surface area contributed by atoms with E-state index in [1.165, 1.54) is 18.2 Å². The molecule has 1 aromatic rings. The summed E-state index contributed by atoms with van der Waals surface area (Å²) in [6.07, 6.45) is -0.0486. The van der Waals surface area contributed by atoms with Crippen LogP contribution in [0.15, 0.2) is 18.2 Å². The van der Waals surface area contributed by atoms with Gasteiger partial charge in [-0.1, -0.05) is 23.2 Å². The standard InChI is InChI=1S/C14H13Cl2N3O5/c15-8-2-1-7(5-9(8)16)19-13(23)10(18-14(19)24)3-4-11(20)17-6-12(21)22/h1-2,5,10H,3-4,6H2,(H,17,20)(H,18,24)(H,21,22). The van der Waals surface area contributed by atoms with Crippen LogP contribution in [0.2, 0.25) is 10.0 Å². The van der Waals surface area contributed by atoms with Crippen LogP contribution < -0.4 is 15.5 Å². The molecule has 0 spiro atoms. The molecule has 0 aliphatic carbocycles. The third-order valence-electron chi connectivity index (χ3n) is 3.28. The van der Waals surface area contributed by atoms with Gasteiger partial charge in [0, 0.05) is 6.42 Å². The quantitative estimate of drug-likeness (QED) is 0.651. The fourth-order valence-corrected chi connectivity index (χ4v) is 2.43. The summed E-state index contributed by atoms with van der Waals surface area (Å²) in [5, 5.41) is 13.6. The minimum absolute atomic E-state index is 0.0495. The Balaban J connectivity index is 1.99. The number of carboxylic acid groups (broad SMARTS) is 1.